The van der Waals surface area contributed by atoms with Crippen LogP contribution in [0.2, 0.25) is 5.02 Å². The summed E-state index contributed by atoms with van der Waals surface area (Å²) < 4.78 is 1.05. The third-order valence-electron chi connectivity index (χ3n) is 3.84. The molecule has 1 aromatic carbocycles. The van der Waals surface area contributed by atoms with Gasteiger partial charge in [-0.3, -0.25) is 0 Å². The Morgan fingerprint density at radius 2 is 2.32 bits per heavy atom. The molecule has 19 heavy (non-hydrogen) atoms. The first-order valence-electron chi connectivity index (χ1n) is 6.85. The zero-order valence-corrected chi connectivity index (χ0v) is 13.6. The van der Waals surface area contributed by atoms with Crippen LogP contribution < -0.4 is 5.32 Å². The van der Waals surface area contributed by atoms with Crippen molar-refractivity contribution < 1.29 is 5.11 Å². The summed E-state index contributed by atoms with van der Waals surface area (Å²) in [5.41, 5.74) is 0.586. The summed E-state index contributed by atoms with van der Waals surface area (Å²) >= 11 is 9.51. The zero-order valence-electron chi connectivity index (χ0n) is 11.3. The van der Waals surface area contributed by atoms with Crippen LogP contribution in [0.3, 0.4) is 0 Å². The summed E-state index contributed by atoms with van der Waals surface area (Å²) in [6.07, 6.45) is 4.17. The monoisotopic (exact) mass is 345 g/mol. The summed E-state index contributed by atoms with van der Waals surface area (Å²) in [5, 5.41) is 14.6. The van der Waals surface area contributed by atoms with Crippen LogP contribution in [0.4, 0.5) is 0 Å². The molecule has 0 heterocycles. The van der Waals surface area contributed by atoms with Crippen LogP contribution in [0.25, 0.3) is 0 Å². The third kappa shape index (κ3) is 4.45. The molecule has 0 radical (unpaired) electrons. The Hall–Kier alpha value is -0.0900. The van der Waals surface area contributed by atoms with Crippen molar-refractivity contribution in [2.45, 2.75) is 44.8 Å². The highest BCUT2D eigenvalue weighted by Crippen LogP contribution is 2.31. The fourth-order valence-electron chi connectivity index (χ4n) is 2.90. The second kappa shape index (κ2) is 6.57. The maximum absolute atomic E-state index is 10.5. The van der Waals surface area contributed by atoms with Gasteiger partial charge in [-0.25, -0.2) is 0 Å². The molecule has 2 atom stereocenters. The van der Waals surface area contributed by atoms with Crippen LogP contribution in [0, 0.1) is 5.92 Å². The molecule has 2 N–H and O–H groups in total. The summed E-state index contributed by atoms with van der Waals surface area (Å²) in [4.78, 5) is 0. The van der Waals surface area contributed by atoms with E-state index in [1.807, 2.05) is 18.2 Å². The molecule has 2 nitrogen and oxygen atoms in total. The van der Waals surface area contributed by atoms with Gasteiger partial charge in [-0.2, -0.15) is 0 Å². The van der Waals surface area contributed by atoms with Gasteiger partial charge in [0.05, 0.1) is 5.60 Å². The molecule has 106 valence electrons. The molecular formula is C15H21BrClNO. The minimum atomic E-state index is -0.539. The minimum Gasteiger partial charge on any atom is -0.389 e. The van der Waals surface area contributed by atoms with Gasteiger partial charge < -0.3 is 10.4 Å². The molecule has 0 bridgehead atoms. The molecule has 0 aromatic heterocycles. The third-order valence-corrected chi connectivity index (χ3v) is 4.85. The molecule has 0 saturated heterocycles. The lowest BCUT2D eigenvalue weighted by atomic mass is 9.79. The lowest BCUT2D eigenvalue weighted by molar-refractivity contribution is -0.0119. The number of nitrogens with one attached hydrogen (secondary N) is 1. The molecule has 1 saturated carbocycles. The van der Waals surface area contributed by atoms with Crippen LogP contribution in [-0.4, -0.2) is 17.3 Å². The van der Waals surface area contributed by atoms with Crippen molar-refractivity contribution in [2.75, 3.05) is 6.54 Å². The molecule has 1 fully saturated rings. The predicted octanol–water partition coefficient (Wildman–Crippen LogP) is 4.13. The van der Waals surface area contributed by atoms with Gasteiger partial charge in [0, 0.05) is 22.6 Å². The highest BCUT2D eigenvalue weighted by atomic mass is 79.9. The second-order valence-electron chi connectivity index (χ2n) is 5.77. The van der Waals surface area contributed by atoms with Gasteiger partial charge in [-0.1, -0.05) is 47.3 Å². The Kier molecular flexibility index (Phi) is 5.29. The van der Waals surface area contributed by atoms with Crippen molar-refractivity contribution in [3.63, 3.8) is 0 Å². The van der Waals surface area contributed by atoms with Gasteiger partial charge in [0.15, 0.2) is 0 Å². The maximum atomic E-state index is 10.5. The molecule has 1 aliphatic carbocycles. The van der Waals surface area contributed by atoms with Crippen molar-refractivity contribution in [2.24, 2.45) is 5.92 Å². The van der Waals surface area contributed by atoms with Crippen LogP contribution in [0.15, 0.2) is 22.7 Å². The van der Waals surface area contributed by atoms with Gasteiger partial charge in [0.25, 0.3) is 0 Å². The molecule has 2 rings (SSSR count). The first-order chi connectivity index (χ1) is 8.98. The normalized spacial score (nSPS) is 27.5. The number of hydrogen-bond donors (Lipinski definition) is 2. The van der Waals surface area contributed by atoms with Gasteiger partial charge in [0.1, 0.15) is 0 Å². The fraction of sp³-hybridized carbons (Fsp3) is 0.600. The molecular weight excluding hydrogens is 326 g/mol. The largest absolute Gasteiger partial charge is 0.389 e. The second-order valence-corrected chi connectivity index (χ2v) is 7.06. The number of rotatable bonds is 4. The zero-order chi connectivity index (χ0) is 13.9. The first-order valence-corrected chi connectivity index (χ1v) is 8.03. The number of halogens is 2. The Morgan fingerprint density at radius 1 is 1.53 bits per heavy atom. The number of hydrogen-bond acceptors (Lipinski definition) is 2. The topological polar surface area (TPSA) is 32.3 Å². The molecule has 2 unspecified atom stereocenters. The van der Waals surface area contributed by atoms with Crippen LogP contribution >= 0.6 is 27.5 Å². The van der Waals surface area contributed by atoms with E-state index >= 15 is 0 Å². The average Bonchev–Trinajstić information content (AvgIpc) is 2.33. The van der Waals surface area contributed by atoms with Crippen molar-refractivity contribution in [1.82, 2.24) is 5.32 Å². The minimum absolute atomic E-state index is 0.539. The quantitative estimate of drug-likeness (QED) is 0.859. The first kappa shape index (κ1) is 15.3. The summed E-state index contributed by atoms with van der Waals surface area (Å²) in [6, 6.07) is 5.77. The van der Waals surface area contributed by atoms with Crippen molar-refractivity contribution in [3.05, 3.63) is 33.3 Å². The van der Waals surface area contributed by atoms with Crippen molar-refractivity contribution >= 4 is 27.5 Å². The Bertz CT molecular complexity index is 440. The molecule has 0 spiro atoms. The maximum Gasteiger partial charge on any atom is 0.0774 e. The van der Waals surface area contributed by atoms with Crippen molar-refractivity contribution in [3.8, 4) is 0 Å². The van der Waals surface area contributed by atoms with Crippen LogP contribution in [0.1, 0.15) is 38.2 Å². The Balaban J connectivity index is 1.87. The summed E-state index contributed by atoms with van der Waals surface area (Å²) in [7, 11) is 0. The highest BCUT2D eigenvalue weighted by Gasteiger charge is 2.31. The van der Waals surface area contributed by atoms with E-state index < -0.39 is 5.60 Å². The van der Waals surface area contributed by atoms with Gasteiger partial charge >= 0.3 is 0 Å². The Morgan fingerprint density at radius 3 is 3.05 bits per heavy atom. The van der Waals surface area contributed by atoms with E-state index in [2.05, 4.69) is 28.2 Å². The van der Waals surface area contributed by atoms with E-state index in [1.54, 1.807) is 0 Å². The SMILES string of the molecule is CC1CCCC(O)(CNCc2cc(Cl)ccc2Br)C1. The van der Waals surface area contributed by atoms with E-state index in [4.69, 9.17) is 11.6 Å². The molecule has 0 aliphatic heterocycles. The van der Waals surface area contributed by atoms with Gasteiger partial charge in [-0.05, 0) is 42.5 Å². The van der Waals surface area contributed by atoms with E-state index in [1.165, 1.54) is 6.42 Å². The average molecular weight is 347 g/mol. The lowest BCUT2D eigenvalue weighted by Gasteiger charge is -2.35. The molecule has 4 heteroatoms. The van der Waals surface area contributed by atoms with Crippen LogP contribution in [0.5, 0.6) is 0 Å². The molecule has 0 amide bonds. The predicted molar refractivity (Wildman–Crippen MR) is 83.4 cm³/mol. The van der Waals surface area contributed by atoms with E-state index in [9.17, 15) is 5.11 Å². The molecule has 1 aliphatic rings. The van der Waals surface area contributed by atoms with Gasteiger partial charge in [0.2, 0.25) is 0 Å². The Labute approximate surface area is 128 Å². The summed E-state index contributed by atoms with van der Waals surface area (Å²) in [6.45, 7) is 3.59. The fourth-order valence-corrected chi connectivity index (χ4v) is 3.48. The van der Waals surface area contributed by atoms with Gasteiger partial charge in [-0.15, -0.1) is 0 Å². The van der Waals surface area contributed by atoms with E-state index in [0.717, 1.165) is 40.9 Å². The number of aliphatic hydroxyl groups is 1. The van der Waals surface area contributed by atoms with Crippen molar-refractivity contribution in [1.29, 1.82) is 0 Å². The van der Waals surface area contributed by atoms with Crippen LogP contribution in [-0.2, 0) is 6.54 Å². The van der Waals surface area contributed by atoms with E-state index in [0.29, 0.717) is 12.5 Å². The highest BCUT2D eigenvalue weighted by molar-refractivity contribution is 9.10. The molecule has 1 aromatic rings. The lowest BCUT2D eigenvalue weighted by Crippen LogP contribution is -2.43. The van der Waals surface area contributed by atoms with E-state index in [-0.39, 0.29) is 0 Å². The standard InChI is InChI=1S/C15H21BrClNO/c1-11-3-2-6-15(19,8-11)10-18-9-12-7-13(17)4-5-14(12)16/h4-5,7,11,18-19H,2-3,6,8-10H2,1H3. The smallest absolute Gasteiger partial charge is 0.0774 e. The number of benzene rings is 1. The summed E-state index contributed by atoms with van der Waals surface area (Å²) in [5.74, 6) is 0.624.